The Bertz CT molecular complexity index is 649. The summed E-state index contributed by atoms with van der Waals surface area (Å²) >= 11 is 0. The first-order valence-corrected chi connectivity index (χ1v) is 6.92. The standard InChI is InChI=1S/C17H20N2O2/c1-4-21-14-8-6-13(7-9-14)17(20)19-16-12(3)11(2)5-10-15(16)18/h5-10H,4,18H2,1-3H3,(H,19,20). The normalized spacial score (nSPS) is 10.2. The molecule has 110 valence electrons. The number of nitrogens with one attached hydrogen (secondary N) is 1. The van der Waals surface area contributed by atoms with Gasteiger partial charge in [0.05, 0.1) is 18.0 Å². The van der Waals surface area contributed by atoms with E-state index < -0.39 is 0 Å². The average molecular weight is 284 g/mol. The number of anilines is 2. The number of nitrogens with two attached hydrogens (primary N) is 1. The van der Waals surface area contributed by atoms with E-state index in [0.29, 0.717) is 23.5 Å². The number of ether oxygens (including phenoxy) is 1. The molecule has 2 aromatic carbocycles. The van der Waals surface area contributed by atoms with Crippen LogP contribution in [0.5, 0.6) is 5.75 Å². The van der Waals surface area contributed by atoms with E-state index in [1.165, 1.54) is 0 Å². The van der Waals surface area contributed by atoms with Crippen LogP contribution >= 0.6 is 0 Å². The van der Waals surface area contributed by atoms with Crippen molar-refractivity contribution in [2.24, 2.45) is 0 Å². The van der Waals surface area contributed by atoms with Gasteiger partial charge < -0.3 is 15.8 Å². The van der Waals surface area contributed by atoms with E-state index >= 15 is 0 Å². The third kappa shape index (κ3) is 3.34. The summed E-state index contributed by atoms with van der Waals surface area (Å²) in [6.45, 7) is 6.45. The lowest BCUT2D eigenvalue weighted by Crippen LogP contribution is -2.14. The zero-order valence-electron chi connectivity index (χ0n) is 12.6. The quantitative estimate of drug-likeness (QED) is 0.844. The summed E-state index contributed by atoms with van der Waals surface area (Å²) in [7, 11) is 0. The van der Waals surface area contributed by atoms with Crippen LogP contribution < -0.4 is 15.8 Å². The Kier molecular flexibility index (Phi) is 4.48. The zero-order chi connectivity index (χ0) is 15.4. The summed E-state index contributed by atoms with van der Waals surface area (Å²) < 4.78 is 5.36. The summed E-state index contributed by atoms with van der Waals surface area (Å²) in [6, 6.07) is 10.8. The lowest BCUT2D eigenvalue weighted by atomic mass is 10.1. The maximum atomic E-state index is 12.3. The van der Waals surface area contributed by atoms with E-state index in [9.17, 15) is 4.79 Å². The van der Waals surface area contributed by atoms with E-state index in [2.05, 4.69) is 5.32 Å². The third-order valence-corrected chi connectivity index (χ3v) is 3.43. The van der Waals surface area contributed by atoms with Crippen LogP contribution in [0, 0.1) is 13.8 Å². The molecule has 0 bridgehead atoms. The molecule has 4 nitrogen and oxygen atoms in total. The van der Waals surface area contributed by atoms with E-state index in [0.717, 1.165) is 16.9 Å². The average Bonchev–Trinajstić information content (AvgIpc) is 2.48. The van der Waals surface area contributed by atoms with Crippen molar-refractivity contribution in [3.8, 4) is 5.75 Å². The first-order chi connectivity index (χ1) is 10.0. The molecule has 2 rings (SSSR count). The fourth-order valence-electron chi connectivity index (χ4n) is 2.06. The lowest BCUT2D eigenvalue weighted by molar-refractivity contribution is 0.102. The monoisotopic (exact) mass is 284 g/mol. The maximum Gasteiger partial charge on any atom is 0.255 e. The first kappa shape index (κ1) is 14.9. The van der Waals surface area contributed by atoms with Crippen molar-refractivity contribution in [2.45, 2.75) is 20.8 Å². The molecule has 0 unspecified atom stereocenters. The second-order valence-corrected chi connectivity index (χ2v) is 4.88. The number of carbonyl (C=O) groups excluding carboxylic acids is 1. The third-order valence-electron chi connectivity index (χ3n) is 3.43. The van der Waals surface area contributed by atoms with Gasteiger partial charge in [-0.3, -0.25) is 4.79 Å². The number of benzene rings is 2. The molecule has 0 saturated carbocycles. The number of nitrogen functional groups attached to an aromatic ring is 1. The second-order valence-electron chi connectivity index (χ2n) is 4.88. The molecule has 0 radical (unpaired) electrons. The van der Waals surface area contributed by atoms with Gasteiger partial charge in [-0.25, -0.2) is 0 Å². The van der Waals surface area contributed by atoms with Gasteiger partial charge in [0.1, 0.15) is 5.75 Å². The van der Waals surface area contributed by atoms with Gasteiger partial charge in [0, 0.05) is 5.56 Å². The highest BCUT2D eigenvalue weighted by Gasteiger charge is 2.11. The van der Waals surface area contributed by atoms with Crippen molar-refractivity contribution in [3.05, 3.63) is 53.1 Å². The molecule has 0 spiro atoms. The minimum Gasteiger partial charge on any atom is -0.494 e. The van der Waals surface area contributed by atoms with Gasteiger partial charge >= 0.3 is 0 Å². The highest BCUT2D eigenvalue weighted by atomic mass is 16.5. The van der Waals surface area contributed by atoms with Gasteiger partial charge in [0.25, 0.3) is 5.91 Å². The maximum absolute atomic E-state index is 12.3. The second kappa shape index (κ2) is 6.31. The summed E-state index contributed by atoms with van der Waals surface area (Å²) in [4.78, 5) is 12.3. The van der Waals surface area contributed by atoms with Gasteiger partial charge in [0.2, 0.25) is 0 Å². The fourth-order valence-corrected chi connectivity index (χ4v) is 2.06. The number of amides is 1. The van der Waals surface area contributed by atoms with Crippen LogP contribution in [0.3, 0.4) is 0 Å². The van der Waals surface area contributed by atoms with Gasteiger partial charge in [-0.05, 0) is 62.2 Å². The van der Waals surface area contributed by atoms with E-state index in [1.54, 1.807) is 30.3 Å². The predicted molar refractivity (Wildman–Crippen MR) is 85.9 cm³/mol. The molecule has 2 aromatic rings. The molecule has 3 N–H and O–H groups in total. The molecule has 1 amide bonds. The van der Waals surface area contributed by atoms with Crippen LogP contribution in [0.1, 0.15) is 28.4 Å². The van der Waals surface area contributed by atoms with Crippen LogP contribution in [0.15, 0.2) is 36.4 Å². The molecule has 0 aromatic heterocycles. The lowest BCUT2D eigenvalue weighted by Gasteiger charge is -2.13. The van der Waals surface area contributed by atoms with Crippen LogP contribution in [-0.2, 0) is 0 Å². The molecule has 0 saturated heterocycles. The summed E-state index contributed by atoms with van der Waals surface area (Å²) in [5.41, 5.74) is 9.83. The Balaban J connectivity index is 2.20. The molecular weight excluding hydrogens is 264 g/mol. The molecule has 4 heteroatoms. The van der Waals surface area contributed by atoms with E-state index in [1.807, 2.05) is 26.8 Å². The topological polar surface area (TPSA) is 64.3 Å². The molecule has 0 atom stereocenters. The highest BCUT2D eigenvalue weighted by molar-refractivity contribution is 6.06. The zero-order valence-corrected chi connectivity index (χ0v) is 12.6. The van der Waals surface area contributed by atoms with Gasteiger partial charge in [0.15, 0.2) is 0 Å². The summed E-state index contributed by atoms with van der Waals surface area (Å²) in [5, 5.41) is 2.88. The molecule has 0 aliphatic heterocycles. The SMILES string of the molecule is CCOc1ccc(C(=O)Nc2c(N)ccc(C)c2C)cc1. The molecule has 0 fully saturated rings. The Hall–Kier alpha value is -2.49. The molecule has 21 heavy (non-hydrogen) atoms. The molecule has 0 heterocycles. The Morgan fingerprint density at radius 3 is 2.43 bits per heavy atom. The summed E-state index contributed by atoms with van der Waals surface area (Å²) in [5.74, 6) is 0.568. The van der Waals surface area contributed by atoms with Crippen molar-refractivity contribution in [3.63, 3.8) is 0 Å². The van der Waals surface area contributed by atoms with Crippen molar-refractivity contribution in [2.75, 3.05) is 17.7 Å². The number of hydrogen-bond acceptors (Lipinski definition) is 3. The highest BCUT2D eigenvalue weighted by Crippen LogP contribution is 2.26. The van der Waals surface area contributed by atoms with E-state index in [4.69, 9.17) is 10.5 Å². The number of rotatable bonds is 4. The molecule has 0 aliphatic carbocycles. The van der Waals surface area contributed by atoms with Gasteiger partial charge in [-0.1, -0.05) is 6.07 Å². The smallest absolute Gasteiger partial charge is 0.255 e. The number of aryl methyl sites for hydroxylation is 1. The van der Waals surface area contributed by atoms with Crippen LogP contribution in [-0.4, -0.2) is 12.5 Å². The fraction of sp³-hybridized carbons (Fsp3) is 0.235. The first-order valence-electron chi connectivity index (χ1n) is 6.92. The van der Waals surface area contributed by atoms with Crippen molar-refractivity contribution >= 4 is 17.3 Å². The number of carbonyl (C=O) groups is 1. The largest absolute Gasteiger partial charge is 0.494 e. The summed E-state index contributed by atoms with van der Waals surface area (Å²) in [6.07, 6.45) is 0. The predicted octanol–water partition coefficient (Wildman–Crippen LogP) is 3.54. The Morgan fingerprint density at radius 1 is 1.14 bits per heavy atom. The molecular formula is C17H20N2O2. The van der Waals surface area contributed by atoms with Crippen LogP contribution in [0.2, 0.25) is 0 Å². The van der Waals surface area contributed by atoms with Crippen molar-refractivity contribution in [1.29, 1.82) is 0 Å². The minimum atomic E-state index is -0.182. The number of hydrogen-bond donors (Lipinski definition) is 2. The van der Waals surface area contributed by atoms with Gasteiger partial charge in [-0.15, -0.1) is 0 Å². The van der Waals surface area contributed by atoms with E-state index in [-0.39, 0.29) is 5.91 Å². The minimum absolute atomic E-state index is 0.182. The Labute approximate surface area is 124 Å². The van der Waals surface area contributed by atoms with Crippen molar-refractivity contribution < 1.29 is 9.53 Å². The van der Waals surface area contributed by atoms with Crippen LogP contribution in [0.4, 0.5) is 11.4 Å². The van der Waals surface area contributed by atoms with Gasteiger partial charge in [-0.2, -0.15) is 0 Å². The molecule has 0 aliphatic rings. The van der Waals surface area contributed by atoms with Crippen LogP contribution in [0.25, 0.3) is 0 Å². The Morgan fingerprint density at radius 2 is 1.81 bits per heavy atom. The van der Waals surface area contributed by atoms with Crippen molar-refractivity contribution in [1.82, 2.24) is 0 Å².